The molecular weight excluding hydrogens is 333 g/mol. The molecule has 1 aromatic carbocycles. The van der Waals surface area contributed by atoms with E-state index in [2.05, 4.69) is 0 Å². The van der Waals surface area contributed by atoms with Crippen LogP contribution >= 0.6 is 11.6 Å². The largest absolute Gasteiger partial charge is 0.390 e. The molecule has 112 valence electrons. The fourth-order valence-corrected chi connectivity index (χ4v) is 5.35. The molecule has 1 fully saturated rings. The zero-order valence-corrected chi connectivity index (χ0v) is 12.3. The van der Waals surface area contributed by atoms with Crippen molar-refractivity contribution in [2.45, 2.75) is 17.0 Å². The summed E-state index contributed by atoms with van der Waals surface area (Å²) >= 11 is 5.57. The number of benzene rings is 1. The Morgan fingerprint density at radius 3 is 2.45 bits per heavy atom. The van der Waals surface area contributed by atoms with E-state index in [1.165, 1.54) is 0 Å². The van der Waals surface area contributed by atoms with Crippen molar-refractivity contribution in [3.8, 4) is 0 Å². The van der Waals surface area contributed by atoms with Gasteiger partial charge in [0.25, 0.3) is 0 Å². The lowest BCUT2D eigenvalue weighted by Gasteiger charge is -2.15. The molecule has 1 aromatic rings. The summed E-state index contributed by atoms with van der Waals surface area (Å²) in [6.45, 7) is 0. The van der Waals surface area contributed by atoms with Crippen molar-refractivity contribution < 1.29 is 26.3 Å². The first-order valence-electron chi connectivity index (χ1n) is 5.46. The topological polar surface area (TPSA) is 101 Å². The summed E-state index contributed by atoms with van der Waals surface area (Å²) < 4.78 is 61.8. The quantitative estimate of drug-likeness (QED) is 0.799. The van der Waals surface area contributed by atoms with E-state index in [0.717, 1.165) is 18.2 Å². The molecule has 2 rings (SSSR count). The number of nitrogens with one attached hydrogen (secondary N) is 1. The second kappa shape index (κ2) is 5.23. The van der Waals surface area contributed by atoms with Gasteiger partial charge in [-0.25, -0.2) is 25.9 Å². The van der Waals surface area contributed by atoms with Crippen molar-refractivity contribution in [2.75, 3.05) is 11.5 Å². The van der Waals surface area contributed by atoms with Crippen LogP contribution in [0.4, 0.5) is 4.39 Å². The Hall–Kier alpha value is -0.740. The molecule has 2 atom stereocenters. The van der Waals surface area contributed by atoms with E-state index < -0.39 is 54.2 Å². The van der Waals surface area contributed by atoms with Gasteiger partial charge in [-0.15, -0.1) is 0 Å². The van der Waals surface area contributed by atoms with Crippen LogP contribution in [0.1, 0.15) is 0 Å². The normalized spacial score (nSPS) is 25.8. The molecule has 0 bridgehead atoms. The van der Waals surface area contributed by atoms with Crippen molar-refractivity contribution >= 4 is 31.5 Å². The Morgan fingerprint density at radius 1 is 1.30 bits per heavy atom. The first-order valence-corrected chi connectivity index (χ1v) is 9.14. The van der Waals surface area contributed by atoms with Crippen LogP contribution in [0.5, 0.6) is 0 Å². The van der Waals surface area contributed by atoms with Crippen LogP contribution in [-0.4, -0.2) is 45.6 Å². The Morgan fingerprint density at radius 2 is 1.95 bits per heavy atom. The highest BCUT2D eigenvalue weighted by molar-refractivity contribution is 7.92. The zero-order valence-electron chi connectivity index (χ0n) is 9.95. The molecule has 0 spiro atoms. The number of rotatable bonds is 3. The van der Waals surface area contributed by atoms with Gasteiger partial charge in [-0.2, -0.15) is 0 Å². The van der Waals surface area contributed by atoms with Gasteiger partial charge in [0.15, 0.2) is 9.84 Å². The highest BCUT2D eigenvalue weighted by Gasteiger charge is 2.39. The lowest BCUT2D eigenvalue weighted by molar-refractivity contribution is 0.176. The maximum absolute atomic E-state index is 13.1. The number of sulfonamides is 1. The number of aliphatic hydroxyl groups is 1. The molecule has 1 aliphatic rings. The predicted molar refractivity (Wildman–Crippen MR) is 70.2 cm³/mol. The van der Waals surface area contributed by atoms with Gasteiger partial charge in [0.2, 0.25) is 10.0 Å². The third-order valence-electron chi connectivity index (χ3n) is 2.78. The van der Waals surface area contributed by atoms with E-state index >= 15 is 0 Å². The summed E-state index contributed by atoms with van der Waals surface area (Å²) in [6.07, 6.45) is -1.33. The van der Waals surface area contributed by atoms with Gasteiger partial charge < -0.3 is 5.11 Å². The number of hydrogen-bond acceptors (Lipinski definition) is 5. The van der Waals surface area contributed by atoms with E-state index in [4.69, 9.17) is 11.6 Å². The number of halogens is 2. The fourth-order valence-electron chi connectivity index (χ4n) is 1.89. The summed E-state index contributed by atoms with van der Waals surface area (Å²) in [5.74, 6) is -1.85. The molecule has 0 radical (unpaired) electrons. The van der Waals surface area contributed by atoms with Gasteiger partial charge in [-0.05, 0) is 18.2 Å². The van der Waals surface area contributed by atoms with Crippen LogP contribution in [0.3, 0.4) is 0 Å². The highest BCUT2D eigenvalue weighted by atomic mass is 35.5. The molecule has 10 heteroatoms. The summed E-state index contributed by atoms with van der Waals surface area (Å²) in [5.41, 5.74) is 0. The molecule has 0 aromatic heterocycles. The molecule has 6 nitrogen and oxygen atoms in total. The van der Waals surface area contributed by atoms with Crippen molar-refractivity contribution in [1.82, 2.24) is 4.72 Å². The molecule has 0 unspecified atom stereocenters. The molecule has 1 aliphatic heterocycles. The van der Waals surface area contributed by atoms with Crippen LogP contribution < -0.4 is 4.72 Å². The predicted octanol–water partition coefficient (Wildman–Crippen LogP) is -0.0847. The van der Waals surface area contributed by atoms with Gasteiger partial charge in [-0.1, -0.05) is 11.6 Å². The average molecular weight is 344 g/mol. The van der Waals surface area contributed by atoms with Gasteiger partial charge in [-0.3, -0.25) is 0 Å². The highest BCUT2D eigenvalue weighted by Crippen LogP contribution is 2.20. The second-order valence-electron chi connectivity index (χ2n) is 4.48. The van der Waals surface area contributed by atoms with Crippen LogP contribution in [0.2, 0.25) is 5.02 Å². The first-order chi connectivity index (χ1) is 9.09. The molecule has 0 aliphatic carbocycles. The van der Waals surface area contributed by atoms with Gasteiger partial charge >= 0.3 is 0 Å². The van der Waals surface area contributed by atoms with E-state index in [-0.39, 0.29) is 5.02 Å². The standard InChI is InChI=1S/C10H11ClFNO5S2/c11-6-1-7(12)3-8(2-6)20(17,18)13-9-4-19(15,16)5-10(9)14/h1-3,9-10,13-14H,4-5H2/t9-,10-/m1/s1. The molecule has 2 N–H and O–H groups in total. The Labute approximate surface area is 120 Å². The molecule has 0 amide bonds. The van der Waals surface area contributed by atoms with E-state index in [1.54, 1.807) is 0 Å². The Balaban J connectivity index is 2.28. The third-order valence-corrected chi connectivity index (χ3v) is 6.18. The molecule has 1 heterocycles. The second-order valence-corrected chi connectivity index (χ2v) is 8.78. The summed E-state index contributed by atoms with van der Waals surface area (Å²) in [7, 11) is -7.66. The van der Waals surface area contributed by atoms with Gasteiger partial charge in [0.05, 0.1) is 28.5 Å². The monoisotopic (exact) mass is 343 g/mol. The van der Waals surface area contributed by atoms with Gasteiger partial charge in [0, 0.05) is 5.02 Å². The van der Waals surface area contributed by atoms with Crippen molar-refractivity contribution in [1.29, 1.82) is 0 Å². The molecule has 1 saturated heterocycles. The molecule has 20 heavy (non-hydrogen) atoms. The summed E-state index contributed by atoms with van der Waals surface area (Å²) in [5, 5.41) is 9.43. The minimum absolute atomic E-state index is 0.107. The third kappa shape index (κ3) is 3.47. The van der Waals surface area contributed by atoms with Crippen LogP contribution in [0.15, 0.2) is 23.1 Å². The van der Waals surface area contributed by atoms with Crippen LogP contribution in [0.25, 0.3) is 0 Å². The van der Waals surface area contributed by atoms with E-state index in [9.17, 15) is 26.3 Å². The fraction of sp³-hybridized carbons (Fsp3) is 0.400. The summed E-state index contributed by atoms with van der Waals surface area (Å²) in [4.78, 5) is -0.431. The Kier molecular flexibility index (Phi) is 4.09. The lowest BCUT2D eigenvalue weighted by Crippen LogP contribution is -2.42. The molecular formula is C10H11ClFNO5S2. The maximum atomic E-state index is 13.1. The van der Waals surface area contributed by atoms with Crippen molar-refractivity contribution in [3.05, 3.63) is 29.0 Å². The Bertz CT molecular complexity index is 714. The lowest BCUT2D eigenvalue weighted by atomic mass is 10.2. The average Bonchev–Trinajstić information content (AvgIpc) is 2.49. The minimum atomic E-state index is -4.17. The zero-order chi connectivity index (χ0) is 15.1. The SMILES string of the molecule is O=S1(=O)C[C@@H](O)[C@H](NS(=O)(=O)c2cc(F)cc(Cl)c2)C1. The van der Waals surface area contributed by atoms with Gasteiger partial charge in [0.1, 0.15) is 5.82 Å². The van der Waals surface area contributed by atoms with Crippen molar-refractivity contribution in [3.63, 3.8) is 0 Å². The minimum Gasteiger partial charge on any atom is -0.390 e. The van der Waals surface area contributed by atoms with Crippen LogP contribution in [-0.2, 0) is 19.9 Å². The maximum Gasteiger partial charge on any atom is 0.241 e. The molecule has 0 saturated carbocycles. The number of hydrogen-bond donors (Lipinski definition) is 2. The van der Waals surface area contributed by atoms with Crippen molar-refractivity contribution in [2.24, 2.45) is 0 Å². The summed E-state index contributed by atoms with van der Waals surface area (Å²) in [6, 6.07) is 1.56. The van der Waals surface area contributed by atoms with E-state index in [1.807, 2.05) is 4.72 Å². The van der Waals surface area contributed by atoms with E-state index in [0.29, 0.717) is 0 Å². The number of sulfone groups is 1. The smallest absolute Gasteiger partial charge is 0.241 e. The number of aliphatic hydroxyl groups excluding tert-OH is 1. The van der Waals surface area contributed by atoms with Crippen LogP contribution in [0, 0.1) is 5.82 Å². The first kappa shape index (κ1) is 15.6.